The van der Waals surface area contributed by atoms with Gasteiger partial charge < -0.3 is 10.1 Å². The molecule has 0 radical (unpaired) electrons. The van der Waals surface area contributed by atoms with E-state index in [9.17, 15) is 13.6 Å². The number of halogens is 2. The molecule has 1 amide bonds. The van der Waals surface area contributed by atoms with Gasteiger partial charge in [-0.3, -0.25) is 4.79 Å². The standard InChI is InChI=1S/C20H19F2N3O2/c1-4-7-27-20-18(19(26)24-15-10-13(21)5-6-14(15)22)23-16-8-11(2)12(3)9-17(16)25-20/h5-6,8-10H,4,7H2,1-3H3,(H,24,26). The minimum Gasteiger partial charge on any atom is -0.476 e. The Morgan fingerprint density at radius 2 is 1.74 bits per heavy atom. The highest BCUT2D eigenvalue weighted by atomic mass is 19.1. The molecule has 3 aromatic rings. The zero-order valence-corrected chi connectivity index (χ0v) is 15.3. The molecule has 0 aliphatic heterocycles. The number of carbonyl (C=O) groups excluding carboxylic acids is 1. The van der Waals surface area contributed by atoms with E-state index in [4.69, 9.17) is 4.74 Å². The zero-order valence-electron chi connectivity index (χ0n) is 15.3. The highest BCUT2D eigenvalue weighted by Gasteiger charge is 2.20. The third-order valence-corrected chi connectivity index (χ3v) is 4.08. The molecule has 140 valence electrons. The molecule has 0 fully saturated rings. The normalized spacial score (nSPS) is 10.9. The maximum absolute atomic E-state index is 13.9. The van der Waals surface area contributed by atoms with Crippen molar-refractivity contribution >= 4 is 22.6 Å². The molecule has 0 bridgehead atoms. The summed E-state index contributed by atoms with van der Waals surface area (Å²) in [5.74, 6) is -2.08. The van der Waals surface area contributed by atoms with E-state index in [-0.39, 0.29) is 17.3 Å². The minimum absolute atomic E-state index is 0.0573. The van der Waals surface area contributed by atoms with Crippen LogP contribution in [0.1, 0.15) is 35.0 Å². The Morgan fingerprint density at radius 1 is 1.07 bits per heavy atom. The molecule has 0 aliphatic carbocycles. The van der Waals surface area contributed by atoms with Crippen molar-refractivity contribution in [1.82, 2.24) is 9.97 Å². The number of hydrogen-bond acceptors (Lipinski definition) is 4. The zero-order chi connectivity index (χ0) is 19.6. The first-order valence-electron chi connectivity index (χ1n) is 8.57. The Balaban J connectivity index is 2.05. The lowest BCUT2D eigenvalue weighted by Gasteiger charge is -2.12. The van der Waals surface area contributed by atoms with Crippen LogP contribution in [0.15, 0.2) is 30.3 Å². The van der Waals surface area contributed by atoms with Gasteiger partial charge in [0, 0.05) is 6.07 Å². The number of hydrogen-bond donors (Lipinski definition) is 1. The van der Waals surface area contributed by atoms with E-state index >= 15 is 0 Å². The van der Waals surface area contributed by atoms with Gasteiger partial charge in [-0.05, 0) is 55.7 Å². The van der Waals surface area contributed by atoms with E-state index in [0.29, 0.717) is 24.1 Å². The molecule has 2 aromatic carbocycles. The molecule has 3 rings (SSSR count). The van der Waals surface area contributed by atoms with E-state index in [1.165, 1.54) is 0 Å². The molecule has 0 unspecified atom stereocenters. The summed E-state index contributed by atoms with van der Waals surface area (Å²) in [7, 11) is 0. The van der Waals surface area contributed by atoms with Crippen molar-refractivity contribution in [2.24, 2.45) is 0 Å². The van der Waals surface area contributed by atoms with Gasteiger partial charge in [0.05, 0.1) is 23.3 Å². The van der Waals surface area contributed by atoms with Crippen molar-refractivity contribution < 1.29 is 18.3 Å². The van der Waals surface area contributed by atoms with Crippen molar-refractivity contribution in [3.8, 4) is 5.88 Å². The summed E-state index contributed by atoms with van der Waals surface area (Å²) in [6.07, 6.45) is 0.715. The van der Waals surface area contributed by atoms with Crippen LogP contribution in [0.3, 0.4) is 0 Å². The maximum Gasteiger partial charge on any atom is 0.280 e. The Kier molecular flexibility index (Phi) is 5.30. The summed E-state index contributed by atoms with van der Waals surface area (Å²) < 4.78 is 32.8. The summed E-state index contributed by atoms with van der Waals surface area (Å²) in [4.78, 5) is 21.4. The second kappa shape index (κ2) is 7.65. The minimum atomic E-state index is -0.749. The fraction of sp³-hybridized carbons (Fsp3) is 0.250. The molecule has 27 heavy (non-hydrogen) atoms. The average Bonchev–Trinajstić information content (AvgIpc) is 2.63. The Labute approximate surface area is 155 Å². The van der Waals surface area contributed by atoms with Crippen LogP contribution >= 0.6 is 0 Å². The van der Waals surface area contributed by atoms with Crippen molar-refractivity contribution in [3.63, 3.8) is 0 Å². The molecule has 5 nitrogen and oxygen atoms in total. The predicted octanol–water partition coefficient (Wildman–Crippen LogP) is 4.57. The van der Waals surface area contributed by atoms with E-state index in [1.807, 2.05) is 32.9 Å². The molecule has 0 spiro atoms. The van der Waals surface area contributed by atoms with Gasteiger partial charge in [0.2, 0.25) is 5.88 Å². The van der Waals surface area contributed by atoms with Crippen LogP contribution in [0.2, 0.25) is 0 Å². The van der Waals surface area contributed by atoms with Crippen LogP contribution in [-0.4, -0.2) is 22.5 Å². The lowest BCUT2D eigenvalue weighted by atomic mass is 10.1. The molecule has 7 heteroatoms. The SMILES string of the molecule is CCCOc1nc2cc(C)c(C)cc2nc1C(=O)Nc1cc(F)ccc1F. The quantitative estimate of drug-likeness (QED) is 0.714. The van der Waals surface area contributed by atoms with Crippen LogP contribution in [0.4, 0.5) is 14.5 Å². The van der Waals surface area contributed by atoms with Gasteiger partial charge >= 0.3 is 0 Å². The van der Waals surface area contributed by atoms with E-state index in [0.717, 1.165) is 29.3 Å². The molecule has 0 aliphatic rings. The van der Waals surface area contributed by atoms with E-state index in [2.05, 4.69) is 15.3 Å². The van der Waals surface area contributed by atoms with Crippen LogP contribution in [0, 0.1) is 25.5 Å². The summed E-state index contributed by atoms with van der Waals surface area (Å²) in [5, 5.41) is 2.34. The number of nitrogens with zero attached hydrogens (tertiary/aromatic N) is 2. The monoisotopic (exact) mass is 371 g/mol. The van der Waals surface area contributed by atoms with Crippen LogP contribution in [0.25, 0.3) is 11.0 Å². The van der Waals surface area contributed by atoms with E-state index in [1.54, 1.807) is 0 Å². The number of rotatable bonds is 5. The van der Waals surface area contributed by atoms with Crippen molar-refractivity contribution in [1.29, 1.82) is 0 Å². The maximum atomic E-state index is 13.9. The Bertz CT molecular complexity index is 1020. The second-order valence-electron chi connectivity index (χ2n) is 6.23. The molecule has 0 atom stereocenters. The van der Waals surface area contributed by atoms with Gasteiger partial charge in [-0.1, -0.05) is 6.92 Å². The van der Waals surface area contributed by atoms with Gasteiger partial charge in [-0.15, -0.1) is 0 Å². The van der Waals surface area contributed by atoms with E-state index < -0.39 is 17.5 Å². The third-order valence-electron chi connectivity index (χ3n) is 4.08. The number of ether oxygens (including phenoxy) is 1. The van der Waals surface area contributed by atoms with Gasteiger partial charge in [-0.2, -0.15) is 0 Å². The highest BCUT2D eigenvalue weighted by Crippen LogP contribution is 2.24. The molecular weight excluding hydrogens is 352 g/mol. The summed E-state index contributed by atoms with van der Waals surface area (Å²) in [6.45, 7) is 6.15. The van der Waals surface area contributed by atoms with Gasteiger partial charge in [0.1, 0.15) is 11.6 Å². The van der Waals surface area contributed by atoms with Gasteiger partial charge in [0.15, 0.2) is 5.69 Å². The number of amides is 1. The smallest absolute Gasteiger partial charge is 0.280 e. The first-order valence-corrected chi connectivity index (χ1v) is 8.57. The lowest BCUT2D eigenvalue weighted by Crippen LogP contribution is -2.18. The van der Waals surface area contributed by atoms with Crippen molar-refractivity contribution in [2.75, 3.05) is 11.9 Å². The Hall–Kier alpha value is -3.09. The molecule has 1 aromatic heterocycles. The average molecular weight is 371 g/mol. The second-order valence-corrected chi connectivity index (χ2v) is 6.23. The predicted molar refractivity (Wildman–Crippen MR) is 99.1 cm³/mol. The topological polar surface area (TPSA) is 64.1 Å². The molecule has 1 heterocycles. The first kappa shape index (κ1) is 18.7. The first-order chi connectivity index (χ1) is 12.9. The summed E-state index contributed by atoms with van der Waals surface area (Å²) in [6, 6.07) is 6.51. The third kappa shape index (κ3) is 4.02. The largest absolute Gasteiger partial charge is 0.476 e. The number of nitrogens with one attached hydrogen (secondary N) is 1. The number of aryl methyl sites for hydroxylation is 2. The summed E-state index contributed by atoms with van der Waals surface area (Å²) in [5.41, 5.74) is 2.80. The fourth-order valence-electron chi connectivity index (χ4n) is 2.52. The molecule has 0 saturated heterocycles. The molecular formula is C20H19F2N3O2. The lowest BCUT2D eigenvalue weighted by molar-refractivity contribution is 0.101. The highest BCUT2D eigenvalue weighted by molar-refractivity contribution is 6.05. The number of benzene rings is 2. The number of anilines is 1. The number of aromatic nitrogens is 2. The van der Waals surface area contributed by atoms with Crippen LogP contribution < -0.4 is 10.1 Å². The number of fused-ring (bicyclic) bond motifs is 1. The van der Waals surface area contributed by atoms with Crippen LogP contribution in [-0.2, 0) is 0 Å². The summed E-state index contributed by atoms with van der Waals surface area (Å²) >= 11 is 0. The fourth-order valence-corrected chi connectivity index (χ4v) is 2.52. The van der Waals surface area contributed by atoms with Crippen LogP contribution in [0.5, 0.6) is 5.88 Å². The van der Waals surface area contributed by atoms with Crippen molar-refractivity contribution in [2.45, 2.75) is 27.2 Å². The molecule has 0 saturated carbocycles. The Morgan fingerprint density at radius 3 is 2.41 bits per heavy atom. The number of carbonyl (C=O) groups is 1. The van der Waals surface area contributed by atoms with Crippen molar-refractivity contribution in [3.05, 3.63) is 58.8 Å². The van der Waals surface area contributed by atoms with Gasteiger partial charge in [-0.25, -0.2) is 18.7 Å². The molecule has 1 N–H and O–H groups in total. The van der Waals surface area contributed by atoms with Gasteiger partial charge in [0.25, 0.3) is 5.91 Å².